The van der Waals surface area contributed by atoms with Gasteiger partial charge in [-0.05, 0) is 43.5 Å². The predicted molar refractivity (Wildman–Crippen MR) is 137 cm³/mol. The van der Waals surface area contributed by atoms with Crippen molar-refractivity contribution in [3.8, 4) is 0 Å². The maximum Gasteiger partial charge on any atom is 0.280 e. The predicted octanol–water partition coefficient (Wildman–Crippen LogP) is 3.49. The highest BCUT2D eigenvalue weighted by Crippen LogP contribution is 2.26. The number of nitrogens with one attached hydrogen (secondary N) is 3. The molecule has 0 spiro atoms. The molecule has 8 nitrogen and oxygen atoms in total. The summed E-state index contributed by atoms with van der Waals surface area (Å²) in [4.78, 5) is 37.3. The van der Waals surface area contributed by atoms with Crippen LogP contribution in [0.15, 0.2) is 24.3 Å². The second-order valence-electron chi connectivity index (χ2n) is 9.35. The molecular weight excluding hydrogens is 486 g/mol. The van der Waals surface area contributed by atoms with Gasteiger partial charge in [0.2, 0.25) is 0 Å². The van der Waals surface area contributed by atoms with Crippen LogP contribution < -0.4 is 10.6 Å². The Hall–Kier alpha value is -2.46. The van der Waals surface area contributed by atoms with Gasteiger partial charge in [0, 0.05) is 65.5 Å². The maximum absolute atomic E-state index is 13.1. The van der Waals surface area contributed by atoms with Crippen molar-refractivity contribution in [3.05, 3.63) is 50.6 Å². The van der Waals surface area contributed by atoms with Crippen LogP contribution in [0.5, 0.6) is 0 Å². The molecule has 3 heterocycles. The van der Waals surface area contributed by atoms with Crippen LogP contribution in [-0.2, 0) is 13.0 Å². The molecule has 186 valence electrons. The van der Waals surface area contributed by atoms with Crippen molar-refractivity contribution in [2.24, 2.45) is 0 Å². The molecule has 10 heteroatoms. The third-order valence-corrected chi connectivity index (χ3v) is 8.18. The van der Waals surface area contributed by atoms with E-state index in [1.165, 1.54) is 11.3 Å². The maximum atomic E-state index is 13.1. The van der Waals surface area contributed by atoms with Gasteiger partial charge in [-0.25, -0.2) is 4.98 Å². The van der Waals surface area contributed by atoms with Gasteiger partial charge in [-0.2, -0.15) is 0 Å². The summed E-state index contributed by atoms with van der Waals surface area (Å²) in [5.74, 6) is -0.353. The Balaban J connectivity index is 1.23. The molecule has 1 aromatic carbocycles. The number of aromatic nitrogens is 2. The normalized spacial score (nSPS) is 20.5. The lowest BCUT2D eigenvalue weighted by molar-refractivity contribution is 0.0860. The van der Waals surface area contributed by atoms with Crippen molar-refractivity contribution in [2.45, 2.75) is 57.2 Å². The third-order valence-electron chi connectivity index (χ3n) is 6.86. The molecule has 0 unspecified atom stereocenters. The second-order valence-corrected chi connectivity index (χ2v) is 10.9. The average molecular weight is 516 g/mol. The van der Waals surface area contributed by atoms with Gasteiger partial charge in [-0.1, -0.05) is 24.4 Å². The summed E-state index contributed by atoms with van der Waals surface area (Å²) in [6.45, 7) is 2.71. The summed E-state index contributed by atoms with van der Waals surface area (Å²) >= 11 is 7.53. The zero-order valence-corrected chi connectivity index (χ0v) is 21.1. The Kier molecular flexibility index (Phi) is 7.38. The number of benzene rings is 1. The number of amides is 2. The number of hydrogen-bond donors (Lipinski definition) is 4. The fourth-order valence-electron chi connectivity index (χ4n) is 5.01. The van der Waals surface area contributed by atoms with Gasteiger partial charge in [-0.15, -0.1) is 11.3 Å². The first-order valence-corrected chi connectivity index (χ1v) is 13.4. The summed E-state index contributed by atoms with van der Waals surface area (Å²) in [5, 5.41) is 17.4. The topological polar surface area (TPSA) is 110 Å². The Morgan fingerprint density at radius 1 is 1.17 bits per heavy atom. The average Bonchev–Trinajstić information content (AvgIpc) is 3.47. The summed E-state index contributed by atoms with van der Waals surface area (Å²) in [7, 11) is 0. The number of aliphatic hydroxyl groups is 1. The molecule has 1 fully saturated rings. The number of H-pyrrole nitrogens is 1. The van der Waals surface area contributed by atoms with Gasteiger partial charge in [0.1, 0.15) is 5.69 Å². The smallest absolute Gasteiger partial charge is 0.280 e. The van der Waals surface area contributed by atoms with Gasteiger partial charge >= 0.3 is 0 Å². The lowest BCUT2D eigenvalue weighted by Crippen LogP contribution is -2.53. The zero-order valence-electron chi connectivity index (χ0n) is 19.5. The minimum absolute atomic E-state index is 0.138. The Morgan fingerprint density at radius 3 is 2.71 bits per heavy atom. The highest BCUT2D eigenvalue weighted by atomic mass is 35.5. The number of fused-ring (bicyclic) bond motifs is 2. The minimum atomic E-state index is -0.184. The first-order chi connectivity index (χ1) is 17.0. The van der Waals surface area contributed by atoms with Crippen LogP contribution >= 0.6 is 22.9 Å². The summed E-state index contributed by atoms with van der Waals surface area (Å²) in [6.07, 6.45) is 5.23. The van der Waals surface area contributed by atoms with E-state index in [4.69, 9.17) is 16.7 Å². The van der Waals surface area contributed by atoms with Gasteiger partial charge in [-0.3, -0.25) is 14.5 Å². The molecule has 1 aliphatic heterocycles. The number of aliphatic hydroxyl groups excluding tert-OH is 1. The minimum Gasteiger partial charge on any atom is -0.396 e. The fourth-order valence-corrected chi connectivity index (χ4v) is 6.24. The number of rotatable bonds is 7. The molecule has 1 aliphatic carbocycles. The van der Waals surface area contributed by atoms with E-state index in [0.717, 1.165) is 79.6 Å². The number of nitrogens with zero attached hydrogens (tertiary/aromatic N) is 2. The van der Waals surface area contributed by atoms with Crippen molar-refractivity contribution >= 4 is 45.7 Å². The van der Waals surface area contributed by atoms with Gasteiger partial charge < -0.3 is 20.7 Å². The standard InChI is InChI=1S/C25H30ClN5O3S/c26-16-6-7-17-15(12-16)13-21(27-17)23(33)28-18-4-1-2-5-19(18)29-24(34)25-30-20-8-10-31(9-3-11-32)14-22(20)35-25/h6-7,12-13,18-19,27,32H,1-5,8-11,14H2,(H,28,33)(H,29,34)/t18-,19+/m0/s1. The van der Waals surface area contributed by atoms with Gasteiger partial charge in [0.05, 0.1) is 5.69 Å². The van der Waals surface area contributed by atoms with Crippen LogP contribution in [0.25, 0.3) is 10.9 Å². The molecule has 0 saturated heterocycles. The SMILES string of the molecule is O=C(N[C@H]1CCCC[C@H]1NC(=O)c1nc2c(s1)CN(CCCO)CC2)c1cc2cc(Cl)ccc2[nH]1. The molecule has 2 aliphatic rings. The van der Waals surface area contributed by atoms with E-state index in [1.807, 2.05) is 12.1 Å². The molecule has 4 N–H and O–H groups in total. The van der Waals surface area contributed by atoms with Crippen molar-refractivity contribution in [3.63, 3.8) is 0 Å². The first kappa shape index (κ1) is 24.2. The quantitative estimate of drug-likeness (QED) is 0.385. The van der Waals surface area contributed by atoms with Crippen LogP contribution in [0, 0.1) is 0 Å². The molecule has 1 saturated carbocycles. The lowest BCUT2D eigenvalue weighted by atomic mass is 9.90. The summed E-state index contributed by atoms with van der Waals surface area (Å²) in [5.41, 5.74) is 2.35. The first-order valence-electron chi connectivity index (χ1n) is 12.2. The van der Waals surface area contributed by atoms with E-state index in [2.05, 4.69) is 25.5 Å². The largest absolute Gasteiger partial charge is 0.396 e. The summed E-state index contributed by atoms with van der Waals surface area (Å²) in [6, 6.07) is 7.00. The lowest BCUT2D eigenvalue weighted by Gasteiger charge is -2.32. The summed E-state index contributed by atoms with van der Waals surface area (Å²) < 4.78 is 0. The monoisotopic (exact) mass is 515 g/mol. The number of thiazole rings is 1. The van der Waals surface area contributed by atoms with Crippen LogP contribution in [0.4, 0.5) is 0 Å². The number of carbonyl (C=O) groups excluding carboxylic acids is 2. The van der Waals surface area contributed by atoms with Crippen molar-refractivity contribution in [2.75, 3.05) is 19.7 Å². The Bertz CT molecular complexity index is 1230. The van der Waals surface area contributed by atoms with Crippen LogP contribution in [0.3, 0.4) is 0 Å². The Labute approximate surface area is 213 Å². The van der Waals surface area contributed by atoms with Gasteiger partial charge in [0.25, 0.3) is 11.8 Å². The molecule has 3 aromatic rings. The van der Waals surface area contributed by atoms with Gasteiger partial charge in [0.15, 0.2) is 5.01 Å². The molecule has 2 amide bonds. The second kappa shape index (κ2) is 10.7. The third kappa shape index (κ3) is 5.53. The number of carbonyl (C=O) groups is 2. The number of aromatic amines is 1. The van der Waals surface area contributed by atoms with Crippen LogP contribution in [0.2, 0.25) is 5.02 Å². The molecule has 5 rings (SSSR count). The van der Waals surface area contributed by atoms with Crippen molar-refractivity contribution in [1.29, 1.82) is 0 Å². The van der Waals surface area contributed by atoms with Crippen molar-refractivity contribution < 1.29 is 14.7 Å². The number of hydrogen-bond acceptors (Lipinski definition) is 6. The zero-order chi connectivity index (χ0) is 24.4. The molecule has 0 bridgehead atoms. The van der Waals surface area contributed by atoms with E-state index in [1.54, 1.807) is 12.1 Å². The molecule has 0 radical (unpaired) electrons. The van der Waals surface area contributed by atoms with Crippen molar-refractivity contribution in [1.82, 2.24) is 25.5 Å². The molecular formula is C25H30ClN5O3S. The molecule has 2 aromatic heterocycles. The van der Waals surface area contributed by atoms with Crippen LogP contribution in [-0.4, -0.2) is 63.6 Å². The highest BCUT2D eigenvalue weighted by molar-refractivity contribution is 7.13. The molecule has 35 heavy (non-hydrogen) atoms. The highest BCUT2D eigenvalue weighted by Gasteiger charge is 2.30. The fraction of sp³-hybridized carbons (Fsp3) is 0.480. The number of halogens is 1. The Morgan fingerprint density at radius 2 is 1.94 bits per heavy atom. The van der Waals surface area contributed by atoms with E-state index >= 15 is 0 Å². The van der Waals surface area contributed by atoms with E-state index in [0.29, 0.717) is 15.7 Å². The van der Waals surface area contributed by atoms with Crippen LogP contribution in [0.1, 0.15) is 63.0 Å². The van der Waals surface area contributed by atoms with E-state index in [9.17, 15) is 9.59 Å². The van der Waals surface area contributed by atoms with E-state index < -0.39 is 0 Å². The van der Waals surface area contributed by atoms with E-state index in [-0.39, 0.29) is 30.5 Å². The molecule has 2 atom stereocenters.